The number of rotatable bonds is 3. The molecule has 122 valence electrons. The standard InChI is InChI=1S/C19H23NO3/c1-20-11-7-10-15-12-17(21-2)18(22-3)13-16(15)19(23-20)14-8-5-4-6-9-14/h4-6,8-9,12-13,19H,7,10-11H2,1-3H3/t19-/m0/s1. The molecule has 0 radical (unpaired) electrons. The minimum absolute atomic E-state index is 0.142. The second-order valence-corrected chi connectivity index (χ2v) is 5.76. The van der Waals surface area contributed by atoms with Crippen LogP contribution in [0.4, 0.5) is 0 Å². The molecule has 0 spiro atoms. The molecule has 1 atom stereocenters. The first-order chi connectivity index (χ1) is 11.2. The van der Waals surface area contributed by atoms with E-state index in [1.54, 1.807) is 14.2 Å². The molecule has 0 aliphatic carbocycles. The van der Waals surface area contributed by atoms with E-state index < -0.39 is 0 Å². The number of nitrogens with zero attached hydrogens (tertiary/aromatic N) is 1. The van der Waals surface area contributed by atoms with Crippen LogP contribution in [0.1, 0.15) is 29.2 Å². The molecule has 1 heterocycles. The largest absolute Gasteiger partial charge is 0.493 e. The predicted molar refractivity (Wildman–Crippen MR) is 89.9 cm³/mol. The van der Waals surface area contributed by atoms with Crippen LogP contribution in [0.15, 0.2) is 42.5 Å². The summed E-state index contributed by atoms with van der Waals surface area (Å²) in [4.78, 5) is 6.21. The summed E-state index contributed by atoms with van der Waals surface area (Å²) < 4.78 is 11.0. The van der Waals surface area contributed by atoms with E-state index >= 15 is 0 Å². The molecule has 1 aliphatic rings. The lowest BCUT2D eigenvalue weighted by atomic mass is 9.93. The molecule has 0 saturated carbocycles. The van der Waals surface area contributed by atoms with Crippen LogP contribution in [0.3, 0.4) is 0 Å². The summed E-state index contributed by atoms with van der Waals surface area (Å²) in [5, 5.41) is 1.93. The lowest BCUT2D eigenvalue weighted by molar-refractivity contribution is -0.173. The van der Waals surface area contributed by atoms with Crippen LogP contribution >= 0.6 is 0 Å². The van der Waals surface area contributed by atoms with Crippen molar-refractivity contribution in [3.8, 4) is 11.5 Å². The average molecular weight is 313 g/mol. The van der Waals surface area contributed by atoms with Gasteiger partial charge in [-0.1, -0.05) is 30.3 Å². The maximum Gasteiger partial charge on any atom is 0.161 e. The van der Waals surface area contributed by atoms with Crippen molar-refractivity contribution >= 4 is 0 Å². The maximum atomic E-state index is 6.21. The average Bonchev–Trinajstić information content (AvgIpc) is 2.58. The molecular weight excluding hydrogens is 290 g/mol. The van der Waals surface area contributed by atoms with Crippen molar-refractivity contribution in [2.24, 2.45) is 0 Å². The molecule has 4 heteroatoms. The number of hydrogen-bond donors (Lipinski definition) is 0. The highest BCUT2D eigenvalue weighted by molar-refractivity contribution is 5.50. The first-order valence-electron chi connectivity index (χ1n) is 7.90. The van der Waals surface area contributed by atoms with E-state index in [-0.39, 0.29) is 6.10 Å². The van der Waals surface area contributed by atoms with Crippen LogP contribution in [-0.2, 0) is 11.3 Å². The summed E-state index contributed by atoms with van der Waals surface area (Å²) >= 11 is 0. The zero-order chi connectivity index (χ0) is 16.2. The van der Waals surface area contributed by atoms with Crippen molar-refractivity contribution in [1.82, 2.24) is 5.06 Å². The molecule has 0 amide bonds. The Morgan fingerprint density at radius 2 is 1.74 bits per heavy atom. The lowest BCUT2D eigenvalue weighted by Gasteiger charge is -2.30. The molecular formula is C19H23NO3. The highest BCUT2D eigenvalue weighted by Gasteiger charge is 2.25. The van der Waals surface area contributed by atoms with Gasteiger partial charge in [0.05, 0.1) is 14.2 Å². The zero-order valence-corrected chi connectivity index (χ0v) is 13.9. The Morgan fingerprint density at radius 1 is 1.04 bits per heavy atom. The number of hydrogen-bond acceptors (Lipinski definition) is 4. The SMILES string of the molecule is COc1cc2c(cc1OC)[C@H](c1ccccc1)ON(C)CCC2. The summed E-state index contributed by atoms with van der Waals surface area (Å²) in [6.45, 7) is 0.900. The lowest BCUT2D eigenvalue weighted by Crippen LogP contribution is -2.27. The smallest absolute Gasteiger partial charge is 0.161 e. The predicted octanol–water partition coefficient (Wildman–Crippen LogP) is 3.60. The van der Waals surface area contributed by atoms with E-state index in [0.717, 1.165) is 42.0 Å². The van der Waals surface area contributed by atoms with Crippen molar-refractivity contribution in [2.45, 2.75) is 18.9 Å². The van der Waals surface area contributed by atoms with Gasteiger partial charge in [0.1, 0.15) is 6.10 Å². The molecule has 4 nitrogen and oxygen atoms in total. The van der Waals surface area contributed by atoms with Gasteiger partial charge in [-0.05, 0) is 41.7 Å². The van der Waals surface area contributed by atoms with Gasteiger partial charge in [0.25, 0.3) is 0 Å². The van der Waals surface area contributed by atoms with E-state index in [1.165, 1.54) is 5.56 Å². The Hall–Kier alpha value is -2.04. The van der Waals surface area contributed by atoms with Gasteiger partial charge in [0, 0.05) is 13.6 Å². The number of fused-ring (bicyclic) bond motifs is 1. The first kappa shape index (κ1) is 15.8. The van der Waals surface area contributed by atoms with E-state index in [4.69, 9.17) is 14.3 Å². The molecule has 0 aromatic heterocycles. The Kier molecular flexibility index (Phi) is 4.84. The minimum Gasteiger partial charge on any atom is -0.493 e. The van der Waals surface area contributed by atoms with Gasteiger partial charge in [-0.2, -0.15) is 5.06 Å². The molecule has 2 aromatic rings. The van der Waals surface area contributed by atoms with Gasteiger partial charge in [-0.25, -0.2) is 0 Å². The third-order valence-corrected chi connectivity index (χ3v) is 4.23. The van der Waals surface area contributed by atoms with Crippen LogP contribution in [0.2, 0.25) is 0 Å². The summed E-state index contributed by atoms with van der Waals surface area (Å²) in [7, 11) is 5.32. The van der Waals surface area contributed by atoms with Crippen LogP contribution in [0.25, 0.3) is 0 Å². The van der Waals surface area contributed by atoms with Crippen LogP contribution < -0.4 is 9.47 Å². The van der Waals surface area contributed by atoms with Crippen molar-refractivity contribution in [3.05, 3.63) is 59.2 Å². The summed E-state index contributed by atoms with van der Waals surface area (Å²) in [5.41, 5.74) is 3.53. The molecule has 2 aromatic carbocycles. The number of methoxy groups -OCH3 is 2. The van der Waals surface area contributed by atoms with E-state index in [2.05, 4.69) is 18.2 Å². The summed E-state index contributed by atoms with van der Waals surface area (Å²) in [6, 6.07) is 14.4. The fourth-order valence-electron chi connectivity index (χ4n) is 3.05. The number of aryl methyl sites for hydroxylation is 1. The Balaban J connectivity index is 2.12. The fraction of sp³-hybridized carbons (Fsp3) is 0.368. The topological polar surface area (TPSA) is 30.9 Å². The minimum atomic E-state index is -0.142. The molecule has 1 aliphatic heterocycles. The van der Waals surface area contributed by atoms with Gasteiger partial charge in [0.2, 0.25) is 0 Å². The molecule has 0 unspecified atom stereocenters. The van der Waals surface area contributed by atoms with E-state index in [0.29, 0.717) is 0 Å². The normalized spacial score (nSPS) is 18.7. The Morgan fingerprint density at radius 3 is 2.43 bits per heavy atom. The fourth-order valence-corrected chi connectivity index (χ4v) is 3.05. The Labute approximate surface area is 137 Å². The molecule has 23 heavy (non-hydrogen) atoms. The van der Waals surface area contributed by atoms with Crippen LogP contribution in [-0.4, -0.2) is 32.9 Å². The second kappa shape index (κ2) is 7.02. The molecule has 0 N–H and O–H groups in total. The van der Waals surface area contributed by atoms with Gasteiger partial charge in [0.15, 0.2) is 11.5 Å². The zero-order valence-electron chi connectivity index (χ0n) is 13.9. The van der Waals surface area contributed by atoms with Gasteiger partial charge in [-0.15, -0.1) is 0 Å². The highest BCUT2D eigenvalue weighted by Crippen LogP contribution is 2.38. The van der Waals surface area contributed by atoms with E-state index in [1.807, 2.05) is 36.4 Å². The van der Waals surface area contributed by atoms with Crippen molar-refractivity contribution in [3.63, 3.8) is 0 Å². The van der Waals surface area contributed by atoms with E-state index in [9.17, 15) is 0 Å². The maximum absolute atomic E-state index is 6.21. The van der Waals surface area contributed by atoms with Gasteiger partial charge < -0.3 is 9.47 Å². The third kappa shape index (κ3) is 3.33. The molecule has 3 rings (SSSR count). The molecule has 0 fully saturated rings. The van der Waals surface area contributed by atoms with Crippen molar-refractivity contribution < 1.29 is 14.3 Å². The summed E-state index contributed by atoms with van der Waals surface area (Å²) in [6.07, 6.45) is 1.89. The van der Waals surface area contributed by atoms with Gasteiger partial charge >= 0.3 is 0 Å². The third-order valence-electron chi connectivity index (χ3n) is 4.23. The van der Waals surface area contributed by atoms with Crippen molar-refractivity contribution in [2.75, 3.05) is 27.8 Å². The number of ether oxygens (including phenoxy) is 2. The quantitative estimate of drug-likeness (QED) is 0.866. The van der Waals surface area contributed by atoms with Crippen LogP contribution in [0, 0.1) is 0 Å². The monoisotopic (exact) mass is 313 g/mol. The molecule has 0 saturated heterocycles. The highest BCUT2D eigenvalue weighted by atomic mass is 16.7. The first-order valence-corrected chi connectivity index (χ1v) is 7.90. The number of hydroxylamine groups is 2. The number of benzene rings is 2. The van der Waals surface area contributed by atoms with Crippen molar-refractivity contribution in [1.29, 1.82) is 0 Å². The van der Waals surface area contributed by atoms with Crippen LogP contribution in [0.5, 0.6) is 11.5 Å². The second-order valence-electron chi connectivity index (χ2n) is 5.76. The van der Waals surface area contributed by atoms with Gasteiger partial charge in [-0.3, -0.25) is 4.84 Å². The summed E-state index contributed by atoms with van der Waals surface area (Å²) in [5.74, 6) is 1.51. The molecule has 0 bridgehead atoms. The Bertz CT molecular complexity index is 657.